The molecule has 0 radical (unpaired) electrons. The number of aromatic nitrogens is 2. The van der Waals surface area contributed by atoms with E-state index in [-0.39, 0.29) is 24.8 Å². The zero-order valence-corrected chi connectivity index (χ0v) is 11.9. The van der Waals surface area contributed by atoms with Crippen LogP contribution in [-0.2, 0) is 9.53 Å². The average Bonchev–Trinajstić information content (AvgIpc) is 3.10. The summed E-state index contributed by atoms with van der Waals surface area (Å²) in [5.74, 6) is -1.85. The number of carbonyl (C=O) groups is 1. The summed E-state index contributed by atoms with van der Waals surface area (Å²) >= 11 is 0. The molecule has 0 saturated carbocycles. The van der Waals surface area contributed by atoms with Gasteiger partial charge >= 0.3 is 0 Å². The van der Waals surface area contributed by atoms with Crippen molar-refractivity contribution >= 4 is 5.91 Å². The third kappa shape index (κ3) is 3.62. The monoisotopic (exact) mass is 325 g/mol. The van der Waals surface area contributed by atoms with Crippen LogP contribution in [0.5, 0.6) is 5.75 Å². The first-order valence-electron chi connectivity index (χ1n) is 6.87. The van der Waals surface area contributed by atoms with E-state index in [4.69, 9.17) is 9.47 Å². The molecular weight excluding hydrogens is 312 g/mol. The third-order valence-corrected chi connectivity index (χ3v) is 3.34. The Kier molecular flexibility index (Phi) is 4.47. The van der Waals surface area contributed by atoms with Gasteiger partial charge in [-0.1, -0.05) is 5.16 Å². The molecule has 2 heterocycles. The van der Waals surface area contributed by atoms with Crippen molar-refractivity contribution in [1.29, 1.82) is 0 Å². The maximum Gasteiger partial charge on any atom is 0.260 e. The fraction of sp³-hybridized carbons (Fsp3) is 0.357. The van der Waals surface area contributed by atoms with E-state index in [0.29, 0.717) is 19.0 Å². The molecule has 1 amide bonds. The summed E-state index contributed by atoms with van der Waals surface area (Å²) < 4.78 is 41.2. The second-order valence-corrected chi connectivity index (χ2v) is 4.85. The summed E-state index contributed by atoms with van der Waals surface area (Å²) in [6.07, 6.45) is 0.723. The van der Waals surface area contributed by atoms with Crippen molar-refractivity contribution in [3.63, 3.8) is 0 Å². The lowest BCUT2D eigenvalue weighted by Gasteiger charge is -2.31. The van der Waals surface area contributed by atoms with Crippen molar-refractivity contribution in [2.75, 3.05) is 26.3 Å². The fourth-order valence-electron chi connectivity index (χ4n) is 2.16. The van der Waals surface area contributed by atoms with Crippen molar-refractivity contribution in [3.8, 4) is 5.75 Å². The van der Waals surface area contributed by atoms with E-state index < -0.39 is 17.7 Å². The molecule has 1 aliphatic heterocycles. The Balaban J connectivity index is 1.56. The number of carbonyl (C=O) groups excluding carboxylic acids is 1. The van der Waals surface area contributed by atoms with Gasteiger partial charge < -0.3 is 18.9 Å². The van der Waals surface area contributed by atoms with E-state index in [2.05, 4.69) is 14.7 Å². The molecule has 0 bridgehead atoms. The van der Waals surface area contributed by atoms with Crippen LogP contribution >= 0.6 is 0 Å². The Bertz CT molecular complexity index is 681. The summed E-state index contributed by atoms with van der Waals surface area (Å²) in [5, 5.41) is 3.69. The van der Waals surface area contributed by atoms with Gasteiger partial charge in [-0.2, -0.15) is 4.98 Å². The molecule has 23 heavy (non-hydrogen) atoms. The van der Waals surface area contributed by atoms with Crippen LogP contribution in [0.15, 0.2) is 29.1 Å². The Morgan fingerprint density at radius 3 is 3.00 bits per heavy atom. The number of hydrogen-bond acceptors (Lipinski definition) is 6. The van der Waals surface area contributed by atoms with Crippen LogP contribution in [0.4, 0.5) is 8.78 Å². The zero-order valence-electron chi connectivity index (χ0n) is 11.9. The van der Waals surface area contributed by atoms with Crippen molar-refractivity contribution in [1.82, 2.24) is 15.0 Å². The standard InChI is InChI=1S/C14H13F2N3O4/c15-10-2-1-9(5-11(10)16)22-7-13(20)19-3-4-21-12(6-19)14-17-8-23-18-14/h1-2,5,8,12H,3-4,6-7H2. The van der Waals surface area contributed by atoms with Gasteiger partial charge in [-0.05, 0) is 12.1 Å². The quantitative estimate of drug-likeness (QED) is 0.844. The molecule has 3 rings (SSSR count). The number of nitrogens with zero attached hydrogens (tertiary/aromatic N) is 3. The van der Waals surface area contributed by atoms with E-state index in [1.54, 1.807) is 0 Å². The van der Waals surface area contributed by atoms with Gasteiger partial charge in [-0.3, -0.25) is 4.79 Å². The first-order chi connectivity index (χ1) is 11.1. The van der Waals surface area contributed by atoms with E-state index in [1.807, 2.05) is 0 Å². The maximum absolute atomic E-state index is 13.1. The number of morpholine rings is 1. The first kappa shape index (κ1) is 15.3. The molecule has 0 spiro atoms. The fourth-order valence-corrected chi connectivity index (χ4v) is 2.16. The van der Waals surface area contributed by atoms with Crippen molar-refractivity contribution < 1.29 is 27.6 Å². The van der Waals surface area contributed by atoms with E-state index in [0.717, 1.165) is 12.1 Å². The molecule has 0 N–H and O–H groups in total. The van der Waals surface area contributed by atoms with E-state index >= 15 is 0 Å². The van der Waals surface area contributed by atoms with Gasteiger partial charge in [0.2, 0.25) is 12.2 Å². The average molecular weight is 325 g/mol. The van der Waals surface area contributed by atoms with E-state index in [9.17, 15) is 13.6 Å². The summed E-state index contributed by atoms with van der Waals surface area (Å²) in [6.45, 7) is 0.702. The summed E-state index contributed by atoms with van der Waals surface area (Å²) in [6, 6.07) is 3.09. The molecule has 1 saturated heterocycles. The van der Waals surface area contributed by atoms with Gasteiger partial charge in [0.25, 0.3) is 5.91 Å². The number of halogens is 2. The van der Waals surface area contributed by atoms with Crippen LogP contribution in [0.2, 0.25) is 0 Å². The number of benzene rings is 1. The molecule has 9 heteroatoms. The van der Waals surface area contributed by atoms with Gasteiger partial charge in [-0.25, -0.2) is 8.78 Å². The second-order valence-electron chi connectivity index (χ2n) is 4.85. The van der Waals surface area contributed by atoms with Crippen LogP contribution in [0.3, 0.4) is 0 Å². The molecule has 7 nitrogen and oxygen atoms in total. The largest absolute Gasteiger partial charge is 0.484 e. The second kappa shape index (κ2) is 6.69. The number of rotatable bonds is 4. The van der Waals surface area contributed by atoms with Gasteiger partial charge in [0, 0.05) is 12.6 Å². The molecule has 0 aliphatic carbocycles. The Morgan fingerprint density at radius 2 is 2.26 bits per heavy atom. The highest BCUT2D eigenvalue weighted by Gasteiger charge is 2.28. The summed E-state index contributed by atoms with van der Waals surface area (Å²) in [7, 11) is 0. The Hall–Kier alpha value is -2.55. The molecular formula is C14H13F2N3O4. The van der Waals surface area contributed by atoms with Crippen molar-refractivity contribution in [3.05, 3.63) is 42.1 Å². The van der Waals surface area contributed by atoms with Crippen LogP contribution < -0.4 is 4.74 Å². The van der Waals surface area contributed by atoms with Gasteiger partial charge in [-0.15, -0.1) is 0 Å². The molecule has 1 atom stereocenters. The molecule has 2 aromatic rings. The van der Waals surface area contributed by atoms with Gasteiger partial charge in [0.15, 0.2) is 18.2 Å². The topological polar surface area (TPSA) is 77.7 Å². The van der Waals surface area contributed by atoms with Crippen molar-refractivity contribution in [2.24, 2.45) is 0 Å². The lowest BCUT2D eigenvalue weighted by atomic mass is 10.2. The zero-order chi connectivity index (χ0) is 16.2. The Morgan fingerprint density at radius 1 is 1.39 bits per heavy atom. The smallest absolute Gasteiger partial charge is 0.260 e. The lowest BCUT2D eigenvalue weighted by molar-refractivity contribution is -0.141. The van der Waals surface area contributed by atoms with Crippen LogP contribution in [0.1, 0.15) is 11.9 Å². The SMILES string of the molecule is O=C(COc1ccc(F)c(F)c1)N1CCOC(c2ncon2)C1. The maximum atomic E-state index is 13.1. The minimum Gasteiger partial charge on any atom is -0.484 e. The minimum absolute atomic E-state index is 0.0835. The third-order valence-electron chi connectivity index (χ3n) is 3.34. The summed E-state index contributed by atoms with van der Waals surface area (Å²) in [4.78, 5) is 17.6. The molecule has 1 aliphatic rings. The molecule has 1 aromatic heterocycles. The predicted octanol–water partition coefficient (Wildman–Crippen LogP) is 1.33. The summed E-state index contributed by atoms with van der Waals surface area (Å²) in [5.41, 5.74) is 0. The van der Waals surface area contributed by atoms with Gasteiger partial charge in [0.05, 0.1) is 13.2 Å². The highest BCUT2D eigenvalue weighted by atomic mass is 19.2. The van der Waals surface area contributed by atoms with Crippen LogP contribution in [0.25, 0.3) is 0 Å². The molecule has 122 valence electrons. The van der Waals surface area contributed by atoms with Crippen LogP contribution in [-0.4, -0.2) is 47.3 Å². The number of ether oxygens (including phenoxy) is 2. The molecule has 1 aromatic carbocycles. The van der Waals surface area contributed by atoms with Crippen molar-refractivity contribution in [2.45, 2.75) is 6.10 Å². The minimum atomic E-state index is -1.03. The normalized spacial score (nSPS) is 18.0. The highest BCUT2D eigenvalue weighted by Crippen LogP contribution is 2.19. The molecule has 1 unspecified atom stereocenters. The molecule has 1 fully saturated rings. The highest BCUT2D eigenvalue weighted by molar-refractivity contribution is 5.77. The van der Waals surface area contributed by atoms with E-state index in [1.165, 1.54) is 17.4 Å². The number of hydrogen-bond donors (Lipinski definition) is 0. The predicted molar refractivity (Wildman–Crippen MR) is 71.4 cm³/mol. The lowest BCUT2D eigenvalue weighted by Crippen LogP contribution is -2.44. The van der Waals surface area contributed by atoms with Gasteiger partial charge in [0.1, 0.15) is 11.9 Å². The van der Waals surface area contributed by atoms with Crippen LogP contribution in [0, 0.1) is 11.6 Å². The Labute approximate surface area is 129 Å². The number of amides is 1. The first-order valence-corrected chi connectivity index (χ1v) is 6.87.